The monoisotopic (exact) mass is 286 g/mol. The molecule has 0 N–H and O–H groups in total. The van der Waals surface area contributed by atoms with Crippen LogP contribution in [0.3, 0.4) is 0 Å². The lowest BCUT2D eigenvalue weighted by atomic mass is 9.93. The summed E-state index contributed by atoms with van der Waals surface area (Å²) in [5, 5.41) is 5.52. The lowest BCUT2D eigenvalue weighted by molar-refractivity contribution is 0.652. The molecule has 0 unspecified atom stereocenters. The van der Waals surface area contributed by atoms with E-state index in [1.165, 1.54) is 46.4 Å². The van der Waals surface area contributed by atoms with E-state index in [-0.39, 0.29) is 0 Å². The summed E-state index contributed by atoms with van der Waals surface area (Å²) in [5.41, 5.74) is 1.51. The van der Waals surface area contributed by atoms with Gasteiger partial charge in [0, 0.05) is 6.42 Å². The summed E-state index contributed by atoms with van der Waals surface area (Å²) in [6.07, 6.45) is 12.3. The van der Waals surface area contributed by atoms with Gasteiger partial charge in [-0.05, 0) is 52.4 Å². The van der Waals surface area contributed by atoms with Gasteiger partial charge in [-0.25, -0.2) is 0 Å². The van der Waals surface area contributed by atoms with E-state index in [1.54, 1.807) is 0 Å². The molecule has 0 saturated carbocycles. The molecule has 0 bridgehead atoms. The molecule has 0 radical (unpaired) electrons. The Hall–Kier alpha value is -2.26. The van der Waals surface area contributed by atoms with E-state index in [9.17, 15) is 0 Å². The fourth-order valence-corrected chi connectivity index (χ4v) is 3.26. The molecule has 110 valence electrons. The van der Waals surface area contributed by atoms with Crippen LogP contribution in [-0.2, 0) is 6.42 Å². The summed E-state index contributed by atoms with van der Waals surface area (Å²) >= 11 is 0. The Morgan fingerprint density at radius 2 is 1.32 bits per heavy atom. The quantitative estimate of drug-likeness (QED) is 0.291. The molecule has 0 heterocycles. The first-order valence-corrected chi connectivity index (χ1v) is 8.23. The minimum absolute atomic E-state index is 0.914. The number of rotatable bonds is 6. The molecule has 3 aromatic rings. The average molecular weight is 286 g/mol. The minimum atomic E-state index is 0.914. The van der Waals surface area contributed by atoms with E-state index in [2.05, 4.69) is 60.5 Å². The second kappa shape index (κ2) is 7.14. The smallest absolute Gasteiger partial charge is 0.00860 e. The van der Waals surface area contributed by atoms with Gasteiger partial charge in [-0.1, -0.05) is 61.4 Å². The Kier molecular flexibility index (Phi) is 4.76. The molecule has 0 atom stereocenters. The topological polar surface area (TPSA) is 0 Å². The number of fused-ring (bicyclic) bond motifs is 2. The van der Waals surface area contributed by atoms with Crippen LogP contribution in [0.2, 0.25) is 0 Å². The van der Waals surface area contributed by atoms with Crippen molar-refractivity contribution >= 4 is 21.5 Å². The molecule has 0 aliphatic carbocycles. The maximum Gasteiger partial charge on any atom is 0.00860 e. The Bertz CT molecular complexity index is 751. The van der Waals surface area contributed by atoms with Crippen LogP contribution in [0, 0.1) is 12.3 Å². The van der Waals surface area contributed by atoms with Gasteiger partial charge < -0.3 is 0 Å². The largest absolute Gasteiger partial charge is 0.120 e. The number of terminal acetylenes is 1. The zero-order valence-corrected chi connectivity index (χ0v) is 13.0. The van der Waals surface area contributed by atoms with Crippen LogP contribution in [-0.4, -0.2) is 0 Å². The van der Waals surface area contributed by atoms with Gasteiger partial charge in [0.1, 0.15) is 0 Å². The van der Waals surface area contributed by atoms with Crippen LogP contribution in [0.4, 0.5) is 0 Å². The fraction of sp³-hybridized carbons (Fsp3) is 0.273. The summed E-state index contributed by atoms with van der Waals surface area (Å²) in [6, 6.07) is 19.8. The van der Waals surface area contributed by atoms with Gasteiger partial charge in [0.05, 0.1) is 0 Å². The standard InChI is InChI=1S/C22H22/c1-2-3-4-5-6-7-16-22-20-14-10-8-12-18(20)17-19-13-9-11-15-21(19)22/h1,8-15,17H,3-7,16H2. The first-order valence-electron chi connectivity index (χ1n) is 8.23. The van der Waals surface area contributed by atoms with Crippen molar-refractivity contribution in [1.29, 1.82) is 0 Å². The molecule has 0 saturated heterocycles. The van der Waals surface area contributed by atoms with E-state index >= 15 is 0 Å². The summed E-state index contributed by atoms with van der Waals surface area (Å²) in [5.74, 6) is 2.72. The summed E-state index contributed by atoms with van der Waals surface area (Å²) in [4.78, 5) is 0. The van der Waals surface area contributed by atoms with E-state index in [0.29, 0.717) is 0 Å². The van der Waals surface area contributed by atoms with Crippen molar-refractivity contribution in [3.8, 4) is 12.3 Å². The average Bonchev–Trinajstić information content (AvgIpc) is 2.57. The van der Waals surface area contributed by atoms with Crippen molar-refractivity contribution < 1.29 is 0 Å². The second-order valence-electron chi connectivity index (χ2n) is 5.92. The highest BCUT2D eigenvalue weighted by molar-refractivity contribution is 6.02. The molecule has 3 rings (SSSR count). The lowest BCUT2D eigenvalue weighted by Crippen LogP contribution is -1.91. The number of benzene rings is 3. The summed E-state index contributed by atoms with van der Waals surface area (Å²) in [7, 11) is 0. The van der Waals surface area contributed by atoms with Gasteiger partial charge in [-0.15, -0.1) is 12.3 Å². The molecule has 3 aromatic carbocycles. The third kappa shape index (κ3) is 3.15. The fourth-order valence-electron chi connectivity index (χ4n) is 3.26. The van der Waals surface area contributed by atoms with Crippen molar-refractivity contribution in [3.05, 3.63) is 60.2 Å². The van der Waals surface area contributed by atoms with Gasteiger partial charge in [-0.2, -0.15) is 0 Å². The molecule has 0 fully saturated rings. The van der Waals surface area contributed by atoms with Crippen molar-refractivity contribution in [2.24, 2.45) is 0 Å². The van der Waals surface area contributed by atoms with Crippen LogP contribution in [0.25, 0.3) is 21.5 Å². The number of hydrogen-bond acceptors (Lipinski definition) is 0. The van der Waals surface area contributed by atoms with Crippen molar-refractivity contribution in [2.45, 2.75) is 38.5 Å². The minimum Gasteiger partial charge on any atom is -0.120 e. The molecule has 0 nitrogen and oxygen atoms in total. The third-order valence-electron chi connectivity index (χ3n) is 4.38. The molecule has 0 amide bonds. The Morgan fingerprint density at radius 3 is 1.95 bits per heavy atom. The molecule has 0 aliphatic rings. The molecular formula is C22H22. The molecule has 22 heavy (non-hydrogen) atoms. The summed E-state index contributed by atoms with van der Waals surface area (Å²) < 4.78 is 0. The number of aryl methyl sites for hydroxylation is 1. The second-order valence-corrected chi connectivity index (χ2v) is 5.92. The molecule has 0 spiro atoms. The lowest BCUT2D eigenvalue weighted by Gasteiger charge is -2.11. The first-order chi connectivity index (χ1) is 10.9. The number of hydrogen-bond donors (Lipinski definition) is 0. The SMILES string of the molecule is C#CCCCCCCc1c2ccccc2cc2ccccc12. The van der Waals surface area contributed by atoms with E-state index in [4.69, 9.17) is 6.42 Å². The Morgan fingerprint density at radius 1 is 0.727 bits per heavy atom. The van der Waals surface area contributed by atoms with Crippen molar-refractivity contribution in [3.63, 3.8) is 0 Å². The van der Waals surface area contributed by atoms with Crippen LogP contribution in [0.1, 0.15) is 37.7 Å². The predicted molar refractivity (Wildman–Crippen MR) is 97.1 cm³/mol. The Balaban J connectivity index is 1.87. The predicted octanol–water partition coefficient (Wildman–Crippen LogP) is 6.12. The van der Waals surface area contributed by atoms with Gasteiger partial charge in [0.15, 0.2) is 0 Å². The van der Waals surface area contributed by atoms with Crippen molar-refractivity contribution in [1.82, 2.24) is 0 Å². The molecule has 0 aliphatic heterocycles. The molecule has 0 heteroatoms. The van der Waals surface area contributed by atoms with Crippen LogP contribution in [0.15, 0.2) is 54.6 Å². The highest BCUT2D eigenvalue weighted by atomic mass is 14.1. The highest BCUT2D eigenvalue weighted by Crippen LogP contribution is 2.29. The molecule has 0 aromatic heterocycles. The summed E-state index contributed by atoms with van der Waals surface area (Å²) in [6.45, 7) is 0. The van der Waals surface area contributed by atoms with Gasteiger partial charge in [-0.3, -0.25) is 0 Å². The first kappa shape index (κ1) is 14.7. The van der Waals surface area contributed by atoms with E-state index in [0.717, 1.165) is 19.3 Å². The van der Waals surface area contributed by atoms with Gasteiger partial charge in [0.25, 0.3) is 0 Å². The number of unbranched alkanes of at least 4 members (excludes halogenated alkanes) is 4. The van der Waals surface area contributed by atoms with Crippen LogP contribution in [0.5, 0.6) is 0 Å². The maximum atomic E-state index is 5.31. The normalized spacial score (nSPS) is 10.9. The third-order valence-corrected chi connectivity index (χ3v) is 4.38. The van der Waals surface area contributed by atoms with E-state index < -0.39 is 0 Å². The van der Waals surface area contributed by atoms with Crippen LogP contribution < -0.4 is 0 Å². The zero-order valence-electron chi connectivity index (χ0n) is 13.0. The van der Waals surface area contributed by atoms with Crippen LogP contribution >= 0.6 is 0 Å². The van der Waals surface area contributed by atoms with Gasteiger partial charge >= 0.3 is 0 Å². The zero-order chi connectivity index (χ0) is 15.2. The highest BCUT2D eigenvalue weighted by Gasteiger charge is 2.06. The Labute approximate surface area is 133 Å². The molecular weight excluding hydrogens is 264 g/mol. The van der Waals surface area contributed by atoms with E-state index in [1.807, 2.05) is 0 Å². The van der Waals surface area contributed by atoms with Crippen molar-refractivity contribution in [2.75, 3.05) is 0 Å². The van der Waals surface area contributed by atoms with Gasteiger partial charge in [0.2, 0.25) is 0 Å². The maximum absolute atomic E-state index is 5.31.